The molecule has 2 aliphatic heterocycles. The number of rotatable bonds is 3. The van der Waals surface area contributed by atoms with Crippen LogP contribution in [-0.4, -0.2) is 34.7 Å². The molecule has 0 unspecified atom stereocenters. The van der Waals surface area contributed by atoms with Gasteiger partial charge in [-0.25, -0.2) is 5.01 Å². The van der Waals surface area contributed by atoms with Crippen molar-refractivity contribution in [2.24, 2.45) is 10.8 Å². The highest BCUT2D eigenvalue weighted by Crippen LogP contribution is 2.13. The van der Waals surface area contributed by atoms with Crippen LogP contribution in [0.5, 0.6) is 0 Å². The molecular formula is C15H16N4O. The van der Waals surface area contributed by atoms with Crippen molar-refractivity contribution >= 4 is 11.7 Å². The largest absolute Gasteiger partial charge is 0.398 e. The zero-order chi connectivity index (χ0) is 13.9. The van der Waals surface area contributed by atoms with Crippen molar-refractivity contribution < 1.29 is 4.79 Å². The second-order valence-electron chi connectivity index (χ2n) is 4.80. The number of fused-ring (bicyclic) bond motifs is 1. The first-order chi connectivity index (χ1) is 9.72. The average molecular weight is 268 g/mol. The number of carbonyl (C=O) groups is 1. The first-order valence-corrected chi connectivity index (χ1v) is 6.57. The van der Waals surface area contributed by atoms with Gasteiger partial charge in [0.1, 0.15) is 6.54 Å². The minimum atomic E-state index is -0.0102. The molecule has 0 aliphatic carbocycles. The summed E-state index contributed by atoms with van der Waals surface area (Å²) in [6, 6.07) is 10.1. The summed E-state index contributed by atoms with van der Waals surface area (Å²) in [5, 5.41) is 5.91. The molecule has 5 heteroatoms. The van der Waals surface area contributed by atoms with E-state index in [1.807, 2.05) is 24.3 Å². The monoisotopic (exact) mass is 268 g/mol. The summed E-state index contributed by atoms with van der Waals surface area (Å²) >= 11 is 0. The summed E-state index contributed by atoms with van der Waals surface area (Å²) < 4.78 is 0. The van der Waals surface area contributed by atoms with Crippen LogP contribution in [0.2, 0.25) is 0 Å². The Bertz CT molecular complexity index is 604. The van der Waals surface area contributed by atoms with Crippen LogP contribution in [-0.2, 0) is 11.2 Å². The third-order valence-electron chi connectivity index (χ3n) is 3.30. The van der Waals surface area contributed by atoms with Gasteiger partial charge in [0.05, 0.1) is 0 Å². The Morgan fingerprint density at radius 1 is 1.20 bits per heavy atom. The summed E-state index contributed by atoms with van der Waals surface area (Å²) in [5.41, 5.74) is 7.54. The number of hydrazone groups is 1. The molecule has 1 amide bonds. The summed E-state index contributed by atoms with van der Waals surface area (Å²) in [7, 11) is 0. The van der Waals surface area contributed by atoms with Gasteiger partial charge in [0, 0.05) is 18.4 Å². The number of amidine groups is 1. The van der Waals surface area contributed by atoms with Crippen LogP contribution in [0, 0.1) is 0 Å². The Balaban J connectivity index is 1.70. The lowest BCUT2D eigenvalue weighted by Gasteiger charge is -2.31. The predicted octanol–water partition coefficient (Wildman–Crippen LogP) is 1.06. The molecule has 102 valence electrons. The molecule has 0 bridgehead atoms. The summed E-state index contributed by atoms with van der Waals surface area (Å²) in [4.78, 5) is 13.8. The molecule has 0 radical (unpaired) electrons. The molecule has 0 fully saturated rings. The van der Waals surface area contributed by atoms with Crippen LogP contribution in [0.15, 0.2) is 59.5 Å². The molecular weight excluding hydrogens is 252 g/mol. The minimum Gasteiger partial charge on any atom is -0.398 e. The molecule has 3 rings (SSSR count). The maximum atomic E-state index is 12.1. The van der Waals surface area contributed by atoms with E-state index in [4.69, 9.17) is 5.73 Å². The van der Waals surface area contributed by atoms with E-state index in [0.29, 0.717) is 18.8 Å². The fourth-order valence-electron chi connectivity index (χ4n) is 2.23. The van der Waals surface area contributed by atoms with Crippen molar-refractivity contribution in [2.75, 3.05) is 13.1 Å². The molecule has 0 atom stereocenters. The Kier molecular flexibility index (Phi) is 3.25. The Hall–Kier alpha value is -2.56. The summed E-state index contributed by atoms with van der Waals surface area (Å²) in [6.45, 7) is 0.881. The second kappa shape index (κ2) is 5.21. The van der Waals surface area contributed by atoms with Crippen molar-refractivity contribution in [3.8, 4) is 0 Å². The highest BCUT2D eigenvalue weighted by atomic mass is 16.2. The molecule has 2 N–H and O–H groups in total. The van der Waals surface area contributed by atoms with Gasteiger partial charge in [-0.15, -0.1) is 0 Å². The molecule has 0 saturated carbocycles. The predicted molar refractivity (Wildman–Crippen MR) is 77.4 cm³/mol. The van der Waals surface area contributed by atoms with Crippen molar-refractivity contribution in [1.82, 2.24) is 9.91 Å². The third kappa shape index (κ3) is 2.56. The molecule has 0 saturated heterocycles. The number of nitrogens with zero attached hydrogens (tertiary/aromatic N) is 3. The molecule has 2 aliphatic rings. The molecule has 1 aromatic rings. The van der Waals surface area contributed by atoms with Gasteiger partial charge < -0.3 is 10.6 Å². The van der Waals surface area contributed by atoms with E-state index in [-0.39, 0.29) is 5.91 Å². The van der Waals surface area contributed by atoms with E-state index < -0.39 is 0 Å². The van der Waals surface area contributed by atoms with Crippen molar-refractivity contribution in [2.45, 2.75) is 6.42 Å². The van der Waals surface area contributed by atoms with E-state index in [1.165, 1.54) is 5.56 Å². The van der Waals surface area contributed by atoms with Crippen LogP contribution < -0.4 is 5.73 Å². The first-order valence-electron chi connectivity index (χ1n) is 6.57. The van der Waals surface area contributed by atoms with Gasteiger partial charge in [-0.1, -0.05) is 30.3 Å². The number of nitrogens with two attached hydrogens (primary N) is 1. The van der Waals surface area contributed by atoms with Gasteiger partial charge in [0.15, 0.2) is 5.84 Å². The molecule has 20 heavy (non-hydrogen) atoms. The maximum absolute atomic E-state index is 12.1. The SMILES string of the molecule is NC1=CN2CC(=O)N(CCc3ccccc3)N=C2C=C1. The molecule has 1 aromatic carbocycles. The van der Waals surface area contributed by atoms with E-state index in [2.05, 4.69) is 17.2 Å². The number of allylic oxidation sites excluding steroid dienone is 1. The normalized spacial score (nSPS) is 17.7. The third-order valence-corrected chi connectivity index (χ3v) is 3.30. The lowest BCUT2D eigenvalue weighted by molar-refractivity contribution is -0.132. The fraction of sp³-hybridized carbons (Fsp3) is 0.200. The summed E-state index contributed by atoms with van der Waals surface area (Å²) in [5.74, 6) is 0.746. The van der Waals surface area contributed by atoms with E-state index >= 15 is 0 Å². The van der Waals surface area contributed by atoms with Crippen molar-refractivity contribution in [3.63, 3.8) is 0 Å². The van der Waals surface area contributed by atoms with Crippen molar-refractivity contribution in [1.29, 1.82) is 0 Å². The maximum Gasteiger partial charge on any atom is 0.262 e. The van der Waals surface area contributed by atoms with Crippen molar-refractivity contribution in [3.05, 3.63) is 59.9 Å². The molecule has 5 nitrogen and oxygen atoms in total. The number of hydrogen-bond donors (Lipinski definition) is 1. The topological polar surface area (TPSA) is 61.9 Å². The minimum absolute atomic E-state index is 0.0102. The first kappa shape index (κ1) is 12.5. The number of amides is 1. The lowest BCUT2D eigenvalue weighted by Crippen LogP contribution is -2.46. The Morgan fingerprint density at radius 2 is 2.00 bits per heavy atom. The number of benzene rings is 1. The van der Waals surface area contributed by atoms with E-state index in [0.717, 1.165) is 12.3 Å². The smallest absolute Gasteiger partial charge is 0.262 e. The summed E-state index contributed by atoms with van der Waals surface area (Å²) in [6.07, 6.45) is 6.16. The zero-order valence-corrected chi connectivity index (χ0v) is 11.1. The molecule has 2 heterocycles. The highest BCUT2D eigenvalue weighted by molar-refractivity contribution is 6.00. The van der Waals surface area contributed by atoms with E-state index in [9.17, 15) is 4.79 Å². The van der Waals surface area contributed by atoms with Crippen LogP contribution in [0.1, 0.15) is 5.56 Å². The van der Waals surface area contributed by atoms with Gasteiger partial charge in [-0.3, -0.25) is 4.79 Å². The number of hydrogen-bond acceptors (Lipinski definition) is 4. The van der Waals surface area contributed by atoms with Gasteiger partial charge in [0.2, 0.25) is 0 Å². The second-order valence-corrected chi connectivity index (χ2v) is 4.80. The highest BCUT2D eigenvalue weighted by Gasteiger charge is 2.25. The lowest BCUT2D eigenvalue weighted by atomic mass is 10.1. The van der Waals surface area contributed by atoms with Gasteiger partial charge in [0.25, 0.3) is 5.91 Å². The van der Waals surface area contributed by atoms with Gasteiger partial charge in [-0.2, -0.15) is 5.10 Å². The van der Waals surface area contributed by atoms with Crippen LogP contribution in [0.4, 0.5) is 0 Å². The van der Waals surface area contributed by atoms with Gasteiger partial charge in [-0.05, 0) is 24.1 Å². The molecule has 0 aromatic heterocycles. The quantitative estimate of drug-likeness (QED) is 0.891. The number of carbonyl (C=O) groups excluding carboxylic acids is 1. The fourth-order valence-corrected chi connectivity index (χ4v) is 2.23. The average Bonchev–Trinajstić information content (AvgIpc) is 2.46. The van der Waals surface area contributed by atoms with Crippen LogP contribution in [0.3, 0.4) is 0 Å². The standard InChI is InChI=1S/C15H16N4O/c16-13-6-7-14-17-19(15(20)11-18(14)10-13)9-8-12-4-2-1-3-5-12/h1-7,10H,8-9,11,16H2. The Morgan fingerprint density at radius 3 is 2.80 bits per heavy atom. The zero-order valence-electron chi connectivity index (χ0n) is 11.1. The van der Waals surface area contributed by atoms with Gasteiger partial charge >= 0.3 is 0 Å². The Labute approximate surface area is 117 Å². The van der Waals surface area contributed by atoms with Crippen LogP contribution >= 0.6 is 0 Å². The van der Waals surface area contributed by atoms with Crippen LogP contribution in [0.25, 0.3) is 0 Å². The van der Waals surface area contributed by atoms with E-state index in [1.54, 1.807) is 22.2 Å². The molecule has 0 spiro atoms.